The first-order valence-electron chi connectivity index (χ1n) is 8.10. The average Bonchev–Trinajstić information content (AvgIpc) is 3.08. The van der Waals surface area contributed by atoms with Gasteiger partial charge in [0.2, 0.25) is 0 Å². The maximum absolute atomic E-state index is 12.7. The van der Waals surface area contributed by atoms with Crippen LogP contribution in [0.4, 0.5) is 0 Å². The van der Waals surface area contributed by atoms with E-state index in [9.17, 15) is 4.79 Å². The monoisotopic (exact) mass is 326 g/mol. The van der Waals surface area contributed by atoms with Crippen molar-refractivity contribution in [1.29, 1.82) is 0 Å². The van der Waals surface area contributed by atoms with Crippen LogP contribution in [-0.4, -0.2) is 46.3 Å². The van der Waals surface area contributed by atoms with Gasteiger partial charge in [-0.3, -0.25) is 9.48 Å². The minimum atomic E-state index is 0. The molecule has 2 aliphatic rings. The lowest BCUT2D eigenvalue weighted by Crippen LogP contribution is -2.43. The van der Waals surface area contributed by atoms with Crippen molar-refractivity contribution in [2.45, 2.75) is 45.6 Å². The summed E-state index contributed by atoms with van der Waals surface area (Å²) in [5, 5.41) is 7.97. The van der Waals surface area contributed by atoms with Gasteiger partial charge < -0.3 is 10.2 Å². The number of hydrogen-bond donors (Lipinski definition) is 1. The Morgan fingerprint density at radius 2 is 1.91 bits per heavy atom. The molecule has 1 unspecified atom stereocenters. The lowest BCUT2D eigenvalue weighted by Gasteiger charge is -2.35. The highest BCUT2D eigenvalue weighted by Gasteiger charge is 2.31. The van der Waals surface area contributed by atoms with E-state index in [-0.39, 0.29) is 18.3 Å². The minimum Gasteiger partial charge on any atom is -0.339 e. The summed E-state index contributed by atoms with van der Waals surface area (Å²) in [5.41, 5.74) is 2.62. The molecule has 0 aromatic carbocycles. The van der Waals surface area contributed by atoms with Gasteiger partial charge in [-0.2, -0.15) is 5.10 Å². The predicted octanol–water partition coefficient (Wildman–Crippen LogP) is 2.06. The maximum atomic E-state index is 12.7. The molecule has 1 atom stereocenters. The second kappa shape index (κ2) is 7.01. The molecule has 2 fully saturated rings. The number of piperidine rings is 1. The standard InChI is InChI=1S/C16H26N4O.ClH/c1-11-15(12(2)19(3)18-11)16(21)20-9-6-13(7-10-20)14-5-4-8-17-14;/h13-14,17H,4-10H2,1-3H3;1H. The number of aryl methyl sites for hydroxylation is 2. The van der Waals surface area contributed by atoms with E-state index < -0.39 is 0 Å². The molecule has 1 amide bonds. The topological polar surface area (TPSA) is 50.2 Å². The van der Waals surface area contributed by atoms with E-state index in [2.05, 4.69) is 10.4 Å². The molecule has 3 heterocycles. The van der Waals surface area contributed by atoms with Crippen LogP contribution in [-0.2, 0) is 7.05 Å². The van der Waals surface area contributed by atoms with E-state index in [0.717, 1.165) is 55.3 Å². The molecule has 3 rings (SSSR count). The molecule has 2 saturated heterocycles. The highest BCUT2D eigenvalue weighted by atomic mass is 35.5. The zero-order chi connectivity index (χ0) is 15.0. The number of aromatic nitrogens is 2. The van der Waals surface area contributed by atoms with Gasteiger partial charge in [0.15, 0.2) is 0 Å². The lowest BCUT2D eigenvalue weighted by molar-refractivity contribution is 0.0673. The Morgan fingerprint density at radius 1 is 1.23 bits per heavy atom. The zero-order valence-corrected chi connectivity index (χ0v) is 14.6. The van der Waals surface area contributed by atoms with E-state index in [1.165, 1.54) is 12.8 Å². The zero-order valence-electron chi connectivity index (χ0n) is 13.8. The number of amides is 1. The van der Waals surface area contributed by atoms with E-state index in [4.69, 9.17) is 0 Å². The highest BCUT2D eigenvalue weighted by Crippen LogP contribution is 2.27. The van der Waals surface area contributed by atoms with Crippen LogP contribution in [0.1, 0.15) is 47.4 Å². The summed E-state index contributed by atoms with van der Waals surface area (Å²) in [6, 6.07) is 0.684. The number of likely N-dealkylation sites (tertiary alicyclic amines) is 1. The molecule has 22 heavy (non-hydrogen) atoms. The van der Waals surface area contributed by atoms with Gasteiger partial charge in [0.1, 0.15) is 0 Å². The number of carbonyl (C=O) groups is 1. The van der Waals surface area contributed by atoms with Crippen molar-refractivity contribution in [3.8, 4) is 0 Å². The lowest BCUT2D eigenvalue weighted by atomic mass is 9.88. The summed E-state index contributed by atoms with van der Waals surface area (Å²) in [4.78, 5) is 14.8. The van der Waals surface area contributed by atoms with Crippen molar-refractivity contribution in [1.82, 2.24) is 20.0 Å². The molecule has 5 nitrogen and oxygen atoms in total. The van der Waals surface area contributed by atoms with Crippen molar-refractivity contribution < 1.29 is 4.79 Å². The molecular formula is C16H27ClN4O. The predicted molar refractivity (Wildman–Crippen MR) is 89.6 cm³/mol. The van der Waals surface area contributed by atoms with Gasteiger partial charge >= 0.3 is 0 Å². The first-order valence-corrected chi connectivity index (χ1v) is 8.10. The molecule has 124 valence electrons. The summed E-state index contributed by atoms with van der Waals surface area (Å²) in [5.74, 6) is 0.906. The van der Waals surface area contributed by atoms with Gasteiger partial charge in [0.25, 0.3) is 5.91 Å². The Kier molecular flexibility index (Phi) is 5.50. The highest BCUT2D eigenvalue weighted by molar-refractivity contribution is 5.96. The fourth-order valence-corrected chi connectivity index (χ4v) is 3.86. The van der Waals surface area contributed by atoms with Gasteiger partial charge in [0, 0.05) is 31.9 Å². The smallest absolute Gasteiger partial charge is 0.257 e. The minimum absolute atomic E-state index is 0. The summed E-state index contributed by atoms with van der Waals surface area (Å²) < 4.78 is 1.80. The maximum Gasteiger partial charge on any atom is 0.257 e. The number of halogens is 1. The molecule has 1 aromatic rings. The van der Waals surface area contributed by atoms with Crippen molar-refractivity contribution in [3.63, 3.8) is 0 Å². The van der Waals surface area contributed by atoms with Crippen molar-refractivity contribution in [3.05, 3.63) is 17.0 Å². The van der Waals surface area contributed by atoms with E-state index >= 15 is 0 Å². The van der Waals surface area contributed by atoms with Gasteiger partial charge in [-0.15, -0.1) is 12.4 Å². The number of nitrogens with zero attached hydrogens (tertiary/aromatic N) is 3. The fourth-order valence-electron chi connectivity index (χ4n) is 3.86. The second-order valence-electron chi connectivity index (χ2n) is 6.50. The third-order valence-electron chi connectivity index (χ3n) is 5.22. The molecule has 1 N–H and O–H groups in total. The number of hydrogen-bond acceptors (Lipinski definition) is 3. The van der Waals surface area contributed by atoms with E-state index in [1.807, 2.05) is 25.8 Å². The van der Waals surface area contributed by atoms with Crippen molar-refractivity contribution in [2.75, 3.05) is 19.6 Å². The third kappa shape index (κ3) is 3.15. The molecule has 0 bridgehead atoms. The summed E-state index contributed by atoms with van der Waals surface area (Å²) >= 11 is 0. The summed E-state index contributed by atoms with van der Waals surface area (Å²) in [6.07, 6.45) is 4.86. The van der Waals surface area contributed by atoms with E-state index in [0.29, 0.717) is 6.04 Å². The van der Waals surface area contributed by atoms with Crippen LogP contribution >= 0.6 is 12.4 Å². The SMILES string of the molecule is Cc1nn(C)c(C)c1C(=O)N1CCC(C2CCCN2)CC1.Cl. The van der Waals surface area contributed by atoms with Crippen molar-refractivity contribution >= 4 is 18.3 Å². The number of rotatable bonds is 2. The molecule has 6 heteroatoms. The second-order valence-corrected chi connectivity index (χ2v) is 6.50. The van der Waals surface area contributed by atoms with Gasteiger partial charge in [-0.25, -0.2) is 0 Å². The molecular weight excluding hydrogens is 300 g/mol. The number of nitrogens with one attached hydrogen (secondary N) is 1. The van der Waals surface area contributed by atoms with Gasteiger partial charge in [-0.05, 0) is 52.0 Å². The molecule has 0 radical (unpaired) electrons. The Bertz CT molecular complexity index is 528. The van der Waals surface area contributed by atoms with Crippen LogP contribution in [0, 0.1) is 19.8 Å². The Labute approximate surface area is 138 Å². The first kappa shape index (κ1) is 17.3. The van der Waals surface area contributed by atoms with Crippen LogP contribution in [0.5, 0.6) is 0 Å². The largest absolute Gasteiger partial charge is 0.339 e. The van der Waals surface area contributed by atoms with Crippen LogP contribution in [0.2, 0.25) is 0 Å². The van der Waals surface area contributed by atoms with Crippen LogP contribution < -0.4 is 5.32 Å². The average molecular weight is 327 g/mol. The van der Waals surface area contributed by atoms with Gasteiger partial charge in [0.05, 0.1) is 11.3 Å². The Balaban J connectivity index is 0.00000176. The summed E-state index contributed by atoms with van der Waals surface area (Å²) in [7, 11) is 1.90. The number of carbonyl (C=O) groups excluding carboxylic acids is 1. The molecule has 0 saturated carbocycles. The van der Waals surface area contributed by atoms with Crippen LogP contribution in [0.25, 0.3) is 0 Å². The van der Waals surface area contributed by atoms with Crippen molar-refractivity contribution in [2.24, 2.45) is 13.0 Å². The summed E-state index contributed by atoms with van der Waals surface area (Å²) in [6.45, 7) is 6.83. The van der Waals surface area contributed by atoms with E-state index in [1.54, 1.807) is 4.68 Å². The molecule has 0 aliphatic carbocycles. The molecule has 2 aliphatic heterocycles. The Hall–Kier alpha value is -1.07. The van der Waals surface area contributed by atoms with Crippen LogP contribution in [0.3, 0.4) is 0 Å². The van der Waals surface area contributed by atoms with Gasteiger partial charge in [-0.1, -0.05) is 0 Å². The molecule has 0 spiro atoms. The quantitative estimate of drug-likeness (QED) is 0.905. The Morgan fingerprint density at radius 3 is 2.41 bits per heavy atom. The normalized spacial score (nSPS) is 22.7. The first-order chi connectivity index (χ1) is 10.1. The fraction of sp³-hybridized carbons (Fsp3) is 0.750. The molecule has 1 aromatic heterocycles. The third-order valence-corrected chi connectivity index (χ3v) is 5.22. The van der Waals surface area contributed by atoms with Crippen LogP contribution in [0.15, 0.2) is 0 Å².